The molecule has 0 saturated heterocycles. The van der Waals surface area contributed by atoms with E-state index in [9.17, 15) is 9.59 Å². The number of carboxylic acid groups (broad SMARTS) is 1. The van der Waals surface area contributed by atoms with Crippen LogP contribution in [0, 0.1) is 5.92 Å². The van der Waals surface area contributed by atoms with Gasteiger partial charge in [0.1, 0.15) is 5.60 Å². The molecule has 94 valence electrons. The fourth-order valence-electron chi connectivity index (χ4n) is 0.899. The minimum atomic E-state index is -0.895. The van der Waals surface area contributed by atoms with Crippen LogP contribution in [0.2, 0.25) is 0 Å². The van der Waals surface area contributed by atoms with Gasteiger partial charge in [0, 0.05) is 0 Å². The Morgan fingerprint density at radius 2 is 1.94 bits per heavy atom. The zero-order valence-electron chi connectivity index (χ0n) is 10.1. The zero-order valence-corrected chi connectivity index (χ0v) is 10.1. The number of hydroxylamine groups is 1. The second-order valence-corrected chi connectivity index (χ2v) is 4.62. The van der Waals surface area contributed by atoms with Crippen LogP contribution >= 0.6 is 0 Å². The van der Waals surface area contributed by atoms with E-state index in [0.717, 1.165) is 0 Å². The Balaban J connectivity index is 3.66. The molecule has 0 aromatic heterocycles. The molecule has 0 rings (SSSR count). The van der Waals surface area contributed by atoms with Crippen molar-refractivity contribution in [2.75, 3.05) is 6.61 Å². The Hall–Kier alpha value is -1.30. The number of carbonyl (C=O) groups is 2. The van der Waals surface area contributed by atoms with E-state index in [1.54, 1.807) is 27.7 Å². The Labute approximate surface area is 94.9 Å². The van der Waals surface area contributed by atoms with E-state index >= 15 is 0 Å². The lowest BCUT2D eigenvalue weighted by molar-refractivity contribution is -0.138. The number of ether oxygens (including phenoxy) is 1. The number of aliphatic carboxylic acids is 1. The lowest BCUT2D eigenvalue weighted by Crippen LogP contribution is -2.33. The van der Waals surface area contributed by atoms with Gasteiger partial charge in [-0.25, -0.2) is 4.79 Å². The molecule has 0 aliphatic heterocycles. The average molecular weight is 233 g/mol. The maximum atomic E-state index is 11.1. The van der Waals surface area contributed by atoms with Gasteiger partial charge in [-0.1, -0.05) is 6.92 Å². The smallest absolute Gasteiger partial charge is 0.431 e. The van der Waals surface area contributed by atoms with Crippen LogP contribution in [0.5, 0.6) is 0 Å². The van der Waals surface area contributed by atoms with E-state index < -0.39 is 17.7 Å². The van der Waals surface area contributed by atoms with E-state index in [-0.39, 0.29) is 18.9 Å². The minimum absolute atomic E-state index is 0.00397. The molecular weight excluding hydrogens is 214 g/mol. The Morgan fingerprint density at radius 1 is 1.38 bits per heavy atom. The van der Waals surface area contributed by atoms with Crippen molar-refractivity contribution in [2.24, 2.45) is 5.92 Å². The maximum Gasteiger partial charge on any atom is 0.431 e. The van der Waals surface area contributed by atoms with Crippen LogP contribution in [0.25, 0.3) is 0 Å². The maximum absolute atomic E-state index is 11.1. The van der Waals surface area contributed by atoms with Crippen molar-refractivity contribution in [3.05, 3.63) is 0 Å². The fourth-order valence-corrected chi connectivity index (χ4v) is 0.899. The Morgan fingerprint density at radius 3 is 2.38 bits per heavy atom. The summed E-state index contributed by atoms with van der Waals surface area (Å²) in [6.07, 6.45) is -0.689. The highest BCUT2D eigenvalue weighted by Crippen LogP contribution is 2.06. The monoisotopic (exact) mass is 233 g/mol. The molecule has 0 aliphatic carbocycles. The van der Waals surface area contributed by atoms with Crippen LogP contribution in [-0.2, 0) is 14.4 Å². The van der Waals surface area contributed by atoms with Crippen LogP contribution in [0.1, 0.15) is 34.1 Å². The predicted octanol–water partition coefficient (Wildman–Crippen LogP) is 1.55. The highest BCUT2D eigenvalue weighted by Gasteiger charge is 2.16. The van der Waals surface area contributed by atoms with Gasteiger partial charge in [0.15, 0.2) is 0 Å². The summed E-state index contributed by atoms with van der Waals surface area (Å²) in [5.41, 5.74) is 1.51. The number of carbonyl (C=O) groups excluding carboxylic acids is 1. The molecule has 0 saturated carbocycles. The van der Waals surface area contributed by atoms with E-state index in [2.05, 4.69) is 5.48 Å². The van der Waals surface area contributed by atoms with Gasteiger partial charge in [0.2, 0.25) is 0 Å². The largest absolute Gasteiger partial charge is 0.481 e. The van der Waals surface area contributed by atoms with E-state index in [1.807, 2.05) is 0 Å². The lowest BCUT2D eigenvalue weighted by atomic mass is 10.1. The summed E-state index contributed by atoms with van der Waals surface area (Å²) < 4.78 is 4.91. The molecule has 0 aromatic rings. The quantitative estimate of drug-likeness (QED) is 0.704. The molecule has 0 aromatic carbocycles. The molecule has 2 N–H and O–H groups in total. The number of amides is 1. The molecule has 0 heterocycles. The summed E-state index contributed by atoms with van der Waals surface area (Å²) in [6, 6.07) is 0. The van der Waals surface area contributed by atoms with Crippen molar-refractivity contribution in [2.45, 2.75) is 39.7 Å². The van der Waals surface area contributed by atoms with Gasteiger partial charge in [0.25, 0.3) is 0 Å². The molecule has 1 atom stereocenters. The second-order valence-electron chi connectivity index (χ2n) is 4.62. The Kier molecular flexibility index (Phi) is 5.81. The van der Waals surface area contributed by atoms with Gasteiger partial charge in [0.05, 0.1) is 13.0 Å². The number of hydrogen-bond acceptors (Lipinski definition) is 4. The second kappa shape index (κ2) is 6.32. The van der Waals surface area contributed by atoms with Crippen molar-refractivity contribution in [1.82, 2.24) is 5.48 Å². The van der Waals surface area contributed by atoms with Gasteiger partial charge in [-0.2, -0.15) is 5.48 Å². The lowest BCUT2D eigenvalue weighted by Gasteiger charge is -2.19. The summed E-state index contributed by atoms with van der Waals surface area (Å²) in [7, 11) is 0. The molecule has 16 heavy (non-hydrogen) atoms. The van der Waals surface area contributed by atoms with E-state index in [0.29, 0.717) is 0 Å². The fraction of sp³-hybridized carbons (Fsp3) is 0.800. The topological polar surface area (TPSA) is 84.9 Å². The standard InChI is InChI=1S/C10H19NO5/c1-7(5-8(12)13)6-15-11-9(14)16-10(2,3)4/h7H,5-6H2,1-4H3,(H,11,14)(H,12,13). The molecule has 6 nitrogen and oxygen atoms in total. The first-order chi connectivity index (χ1) is 7.20. The van der Waals surface area contributed by atoms with Gasteiger partial charge in [-0.05, 0) is 26.7 Å². The Bertz CT molecular complexity index is 246. The molecule has 6 heteroatoms. The van der Waals surface area contributed by atoms with Crippen molar-refractivity contribution >= 4 is 12.1 Å². The van der Waals surface area contributed by atoms with Crippen molar-refractivity contribution in [1.29, 1.82) is 0 Å². The first-order valence-electron chi connectivity index (χ1n) is 5.03. The first kappa shape index (κ1) is 14.7. The minimum Gasteiger partial charge on any atom is -0.481 e. The van der Waals surface area contributed by atoms with Crippen LogP contribution in [0.4, 0.5) is 4.79 Å². The van der Waals surface area contributed by atoms with E-state index in [1.165, 1.54) is 0 Å². The van der Waals surface area contributed by atoms with Gasteiger partial charge < -0.3 is 9.84 Å². The molecule has 0 fully saturated rings. The zero-order chi connectivity index (χ0) is 12.8. The molecule has 0 radical (unpaired) electrons. The third kappa shape index (κ3) is 9.26. The highest BCUT2D eigenvalue weighted by atomic mass is 16.7. The van der Waals surface area contributed by atoms with Crippen LogP contribution in [0.15, 0.2) is 0 Å². The van der Waals surface area contributed by atoms with Gasteiger partial charge in [-0.15, -0.1) is 0 Å². The summed E-state index contributed by atoms with van der Waals surface area (Å²) in [5.74, 6) is -1.07. The predicted molar refractivity (Wildman–Crippen MR) is 56.7 cm³/mol. The summed E-state index contributed by atoms with van der Waals surface area (Å²) in [6.45, 7) is 7.05. The molecule has 1 unspecified atom stereocenters. The van der Waals surface area contributed by atoms with Crippen molar-refractivity contribution in [3.63, 3.8) is 0 Å². The SMILES string of the molecule is CC(CONC(=O)OC(C)(C)C)CC(=O)O. The number of nitrogens with one attached hydrogen (secondary N) is 1. The van der Waals surface area contributed by atoms with Crippen molar-refractivity contribution in [3.8, 4) is 0 Å². The number of rotatable bonds is 5. The van der Waals surface area contributed by atoms with E-state index in [4.69, 9.17) is 14.7 Å². The molecular formula is C10H19NO5. The van der Waals surface area contributed by atoms with Gasteiger partial charge in [-0.3, -0.25) is 9.63 Å². The normalized spacial score (nSPS) is 13.0. The molecule has 1 amide bonds. The average Bonchev–Trinajstić information content (AvgIpc) is 1.98. The molecule has 0 aliphatic rings. The van der Waals surface area contributed by atoms with Crippen LogP contribution in [0.3, 0.4) is 0 Å². The third-order valence-electron chi connectivity index (χ3n) is 1.45. The molecule has 0 bridgehead atoms. The van der Waals surface area contributed by atoms with Gasteiger partial charge >= 0.3 is 12.1 Å². The van der Waals surface area contributed by atoms with Crippen LogP contribution in [-0.4, -0.2) is 29.4 Å². The number of carboxylic acids is 1. The highest BCUT2D eigenvalue weighted by molar-refractivity contribution is 5.67. The first-order valence-corrected chi connectivity index (χ1v) is 5.03. The number of hydrogen-bond donors (Lipinski definition) is 2. The third-order valence-corrected chi connectivity index (χ3v) is 1.45. The van der Waals surface area contributed by atoms with Crippen molar-refractivity contribution < 1.29 is 24.3 Å². The molecule has 0 spiro atoms. The summed E-state index contributed by atoms with van der Waals surface area (Å²) in [5, 5.41) is 8.48. The summed E-state index contributed by atoms with van der Waals surface area (Å²) >= 11 is 0. The summed E-state index contributed by atoms with van der Waals surface area (Å²) in [4.78, 5) is 26.2. The van der Waals surface area contributed by atoms with Crippen LogP contribution < -0.4 is 5.48 Å².